The molecule has 3 rings (SSSR count). The lowest BCUT2D eigenvalue weighted by Gasteiger charge is -2.15. The first-order chi connectivity index (χ1) is 9.92. The van der Waals surface area contributed by atoms with Gasteiger partial charge < -0.3 is 9.31 Å². The number of hydrogen-bond donors (Lipinski definition) is 0. The molecule has 0 unspecified atom stereocenters. The number of nitrogens with zero attached hydrogens (tertiary/aromatic N) is 1. The fourth-order valence-electron chi connectivity index (χ4n) is 2.22. The van der Waals surface area contributed by atoms with Gasteiger partial charge in [0.25, 0.3) is 5.56 Å². The average molecular weight is 283 g/mol. The van der Waals surface area contributed by atoms with Crippen LogP contribution in [0.2, 0.25) is 0 Å². The highest BCUT2D eigenvalue weighted by atomic mass is 16.7. The summed E-state index contributed by atoms with van der Waals surface area (Å²) in [5.74, 6) is 0.543. The van der Waals surface area contributed by atoms with Crippen LogP contribution < -0.4 is 11.0 Å². The Balaban J connectivity index is 2.10. The van der Waals surface area contributed by atoms with Gasteiger partial charge in [-0.15, -0.1) is 0 Å². The number of fused-ring (bicyclic) bond motifs is 1. The van der Waals surface area contributed by atoms with Crippen LogP contribution in [0.1, 0.15) is 24.2 Å². The van der Waals surface area contributed by atoms with Gasteiger partial charge in [-0.05, 0) is 32.0 Å². The molecule has 5 nitrogen and oxygen atoms in total. The Morgan fingerprint density at radius 1 is 1.29 bits per heavy atom. The lowest BCUT2D eigenvalue weighted by Crippen LogP contribution is -2.36. The maximum Gasteiger partial charge on any atom is 0.564 e. The Kier molecular flexibility index (Phi) is 2.99. The van der Waals surface area contributed by atoms with E-state index in [1.54, 1.807) is 18.3 Å². The molecule has 0 amide bonds. The Bertz CT molecular complexity index is 809. The highest BCUT2D eigenvalue weighted by molar-refractivity contribution is 6.62. The third-order valence-electron chi connectivity index (χ3n) is 3.62. The molecule has 1 fully saturated rings. The van der Waals surface area contributed by atoms with E-state index >= 15 is 0 Å². The Morgan fingerprint density at radius 2 is 2.00 bits per heavy atom. The summed E-state index contributed by atoms with van der Waals surface area (Å²) in [4.78, 5) is 23.0. The van der Waals surface area contributed by atoms with Crippen molar-refractivity contribution in [1.29, 1.82) is 0 Å². The van der Waals surface area contributed by atoms with Crippen LogP contribution in [-0.2, 0) is 9.31 Å². The maximum atomic E-state index is 12.2. The molecule has 3 heterocycles. The van der Waals surface area contributed by atoms with E-state index in [-0.39, 0.29) is 11.1 Å². The normalized spacial score (nSPS) is 17.0. The molecule has 0 aliphatic carbocycles. The molecule has 0 spiro atoms. The van der Waals surface area contributed by atoms with Gasteiger partial charge >= 0.3 is 7.12 Å². The van der Waals surface area contributed by atoms with E-state index in [1.807, 2.05) is 19.9 Å². The van der Waals surface area contributed by atoms with Crippen molar-refractivity contribution in [2.24, 2.45) is 0 Å². The molecule has 2 aromatic heterocycles. The standard InChI is InChI=1S/C15H14BNO4/c1-10-15(2,3)21-16(20-10)12-5-7-13-6-4-11(9-18)14(19)17(13)8-12/h4-9H,1H2,2-3H3. The molecular weight excluding hydrogens is 269 g/mol. The van der Waals surface area contributed by atoms with Gasteiger partial charge in [0.1, 0.15) is 5.60 Å². The molecule has 21 heavy (non-hydrogen) atoms. The zero-order valence-corrected chi connectivity index (χ0v) is 11.8. The zero-order valence-electron chi connectivity index (χ0n) is 11.8. The molecule has 6 heteroatoms. The second-order valence-corrected chi connectivity index (χ2v) is 5.47. The Morgan fingerprint density at radius 3 is 2.62 bits per heavy atom. The van der Waals surface area contributed by atoms with Crippen molar-refractivity contribution >= 4 is 24.4 Å². The van der Waals surface area contributed by atoms with Crippen molar-refractivity contribution in [3.8, 4) is 0 Å². The summed E-state index contributed by atoms with van der Waals surface area (Å²) in [5, 5.41) is 0. The highest BCUT2D eigenvalue weighted by Gasteiger charge is 2.42. The van der Waals surface area contributed by atoms with E-state index in [9.17, 15) is 9.59 Å². The van der Waals surface area contributed by atoms with Gasteiger partial charge in [0, 0.05) is 17.2 Å². The molecule has 106 valence electrons. The Hall–Kier alpha value is -2.34. The first kappa shape index (κ1) is 13.6. The van der Waals surface area contributed by atoms with Crippen LogP contribution in [0.3, 0.4) is 0 Å². The number of carbonyl (C=O) groups is 1. The minimum absolute atomic E-state index is 0.114. The molecule has 1 aliphatic heterocycles. The van der Waals surface area contributed by atoms with E-state index in [1.165, 1.54) is 10.5 Å². The highest BCUT2D eigenvalue weighted by Crippen LogP contribution is 2.29. The second-order valence-electron chi connectivity index (χ2n) is 5.47. The van der Waals surface area contributed by atoms with Gasteiger partial charge in [0.2, 0.25) is 0 Å². The molecule has 0 N–H and O–H groups in total. The van der Waals surface area contributed by atoms with Gasteiger partial charge in [0.15, 0.2) is 6.29 Å². The second kappa shape index (κ2) is 4.60. The monoisotopic (exact) mass is 283 g/mol. The molecule has 0 bridgehead atoms. The van der Waals surface area contributed by atoms with Crippen molar-refractivity contribution in [2.45, 2.75) is 19.4 Å². The quantitative estimate of drug-likeness (QED) is 0.612. The molecular formula is C15H14BNO4. The molecule has 0 radical (unpaired) electrons. The lowest BCUT2D eigenvalue weighted by molar-refractivity contribution is 0.112. The van der Waals surface area contributed by atoms with Crippen molar-refractivity contribution in [3.05, 3.63) is 58.7 Å². The van der Waals surface area contributed by atoms with E-state index in [4.69, 9.17) is 9.31 Å². The largest absolute Gasteiger partial charge is 0.564 e. The number of hydrogen-bond acceptors (Lipinski definition) is 4. The topological polar surface area (TPSA) is 57.0 Å². The molecule has 2 aromatic rings. The number of aromatic nitrogens is 1. The summed E-state index contributed by atoms with van der Waals surface area (Å²) >= 11 is 0. The summed E-state index contributed by atoms with van der Waals surface area (Å²) in [6.45, 7) is 7.56. The van der Waals surface area contributed by atoms with Crippen LogP contribution in [0.25, 0.3) is 5.52 Å². The third kappa shape index (κ3) is 2.17. The fourth-order valence-corrected chi connectivity index (χ4v) is 2.22. The summed E-state index contributed by atoms with van der Waals surface area (Å²) in [6.07, 6.45) is 2.18. The number of carbonyl (C=O) groups excluding carboxylic acids is 1. The number of rotatable bonds is 2. The summed E-state index contributed by atoms with van der Waals surface area (Å²) in [7, 11) is -0.608. The van der Waals surface area contributed by atoms with Crippen molar-refractivity contribution < 1.29 is 14.1 Å². The van der Waals surface area contributed by atoms with Crippen molar-refractivity contribution in [3.63, 3.8) is 0 Å². The van der Waals surface area contributed by atoms with Crippen LogP contribution in [-0.4, -0.2) is 23.4 Å². The lowest BCUT2D eigenvalue weighted by atomic mass is 9.80. The van der Waals surface area contributed by atoms with Gasteiger partial charge in [-0.1, -0.05) is 12.6 Å². The van der Waals surface area contributed by atoms with Crippen molar-refractivity contribution in [1.82, 2.24) is 4.40 Å². The Labute approximate surface area is 121 Å². The molecule has 1 aliphatic rings. The predicted molar refractivity (Wildman–Crippen MR) is 79.8 cm³/mol. The van der Waals surface area contributed by atoms with Crippen LogP contribution in [0.5, 0.6) is 0 Å². The van der Waals surface area contributed by atoms with Gasteiger partial charge in [-0.2, -0.15) is 0 Å². The summed E-state index contributed by atoms with van der Waals surface area (Å²) in [6, 6.07) is 6.84. The van der Waals surface area contributed by atoms with Gasteiger partial charge in [-0.3, -0.25) is 14.0 Å². The number of pyridine rings is 2. The summed E-state index contributed by atoms with van der Waals surface area (Å²) < 4.78 is 12.8. The summed E-state index contributed by atoms with van der Waals surface area (Å²) in [5.41, 5.74) is 0.572. The van der Waals surface area contributed by atoms with Crippen LogP contribution in [0, 0.1) is 0 Å². The van der Waals surface area contributed by atoms with Crippen LogP contribution in [0.15, 0.2) is 47.6 Å². The molecule has 0 saturated carbocycles. The van der Waals surface area contributed by atoms with E-state index in [0.717, 1.165) is 0 Å². The average Bonchev–Trinajstić information content (AvgIpc) is 2.73. The number of aldehydes is 1. The first-order valence-corrected chi connectivity index (χ1v) is 6.57. The minimum atomic E-state index is -0.608. The van der Waals surface area contributed by atoms with E-state index in [2.05, 4.69) is 6.58 Å². The molecule has 1 saturated heterocycles. The SMILES string of the molecule is C=C1OB(c2ccc3ccc(C=O)c(=O)n3c2)OC1(C)C. The van der Waals surface area contributed by atoms with Crippen LogP contribution in [0.4, 0.5) is 0 Å². The molecule has 0 aromatic carbocycles. The predicted octanol–water partition coefficient (Wildman–Crippen LogP) is 1.15. The smallest absolute Gasteiger partial charge is 0.534 e. The third-order valence-corrected chi connectivity index (χ3v) is 3.62. The van der Waals surface area contributed by atoms with Crippen molar-refractivity contribution in [2.75, 3.05) is 0 Å². The minimum Gasteiger partial charge on any atom is -0.534 e. The van der Waals surface area contributed by atoms with Gasteiger partial charge in [0.05, 0.1) is 11.3 Å². The molecule has 0 atom stereocenters. The maximum absolute atomic E-state index is 12.2. The zero-order chi connectivity index (χ0) is 15.2. The van der Waals surface area contributed by atoms with E-state index < -0.39 is 12.7 Å². The first-order valence-electron chi connectivity index (χ1n) is 6.57. The van der Waals surface area contributed by atoms with Gasteiger partial charge in [-0.25, -0.2) is 0 Å². The van der Waals surface area contributed by atoms with Crippen LogP contribution >= 0.6 is 0 Å². The van der Waals surface area contributed by atoms with E-state index in [0.29, 0.717) is 23.0 Å². The fraction of sp³-hybridized carbons (Fsp3) is 0.200.